The highest BCUT2D eigenvalue weighted by atomic mass is 79.9. The quantitative estimate of drug-likeness (QED) is 0.527. The van der Waals surface area contributed by atoms with Gasteiger partial charge >= 0.3 is 0 Å². The van der Waals surface area contributed by atoms with Crippen LogP contribution in [0.4, 0.5) is 0 Å². The lowest BCUT2D eigenvalue weighted by atomic mass is 10.2. The number of halogens is 1. The number of hydrogen-bond acceptors (Lipinski definition) is 6. The van der Waals surface area contributed by atoms with E-state index in [1.54, 1.807) is 27.9 Å². The molecule has 0 aromatic carbocycles. The molecular formula is C15H12BrN9O. The van der Waals surface area contributed by atoms with E-state index >= 15 is 0 Å². The molecule has 130 valence electrons. The molecule has 1 N–H and O–H groups in total. The fraction of sp³-hybridized carbons (Fsp3) is 0.200. The van der Waals surface area contributed by atoms with Gasteiger partial charge in [-0.05, 0) is 38.5 Å². The Hall–Kier alpha value is -3.08. The van der Waals surface area contributed by atoms with Crippen molar-refractivity contribution in [1.29, 1.82) is 0 Å². The maximum Gasteiger partial charge on any atom is 0.274 e. The number of nitrogens with zero attached hydrogens (tertiary/aromatic N) is 8. The van der Waals surface area contributed by atoms with Gasteiger partial charge in [-0.25, -0.2) is 14.6 Å². The highest BCUT2D eigenvalue weighted by Gasteiger charge is 2.26. The number of carbonyl (C=O) groups excluding carboxylic acids is 1. The van der Waals surface area contributed by atoms with E-state index in [2.05, 4.69) is 51.2 Å². The number of rotatable bonds is 2. The standard InChI is InChI=1S/C15H12BrN9O/c16-9-6-17-13-5-11(20-25(13)7-9)15(26)23-3-4-24-10(8-23)1-2-12(24)14-18-21-22-19-14/h1-2,5-7H,3-4,8H2,(H,18,19,21,22). The summed E-state index contributed by atoms with van der Waals surface area (Å²) in [5.74, 6) is 0.509. The second-order valence-corrected chi connectivity index (χ2v) is 6.86. The summed E-state index contributed by atoms with van der Waals surface area (Å²) >= 11 is 3.35. The van der Waals surface area contributed by atoms with Gasteiger partial charge in [0.05, 0.1) is 16.7 Å². The number of aromatic nitrogens is 8. The SMILES string of the molecule is O=C(c1cc2ncc(Br)cn2n1)N1CCn2c(ccc2-c2nnn[nH]2)C1. The second-order valence-electron chi connectivity index (χ2n) is 5.94. The summed E-state index contributed by atoms with van der Waals surface area (Å²) in [4.78, 5) is 18.9. The van der Waals surface area contributed by atoms with Crippen LogP contribution in [0, 0.1) is 0 Å². The Morgan fingerprint density at radius 3 is 3.04 bits per heavy atom. The van der Waals surface area contributed by atoms with Gasteiger partial charge < -0.3 is 9.47 Å². The van der Waals surface area contributed by atoms with Crippen molar-refractivity contribution in [2.45, 2.75) is 13.1 Å². The van der Waals surface area contributed by atoms with Gasteiger partial charge in [-0.1, -0.05) is 0 Å². The molecule has 4 aromatic heterocycles. The number of amides is 1. The van der Waals surface area contributed by atoms with Crippen molar-refractivity contribution in [3.05, 3.63) is 46.5 Å². The molecule has 0 atom stereocenters. The van der Waals surface area contributed by atoms with Crippen LogP contribution in [0.25, 0.3) is 17.2 Å². The van der Waals surface area contributed by atoms with Gasteiger partial charge in [0.2, 0.25) is 0 Å². The molecule has 1 amide bonds. The van der Waals surface area contributed by atoms with Crippen molar-refractivity contribution in [3.8, 4) is 11.5 Å². The summed E-state index contributed by atoms with van der Waals surface area (Å²) in [5, 5.41) is 18.3. The van der Waals surface area contributed by atoms with E-state index in [4.69, 9.17) is 0 Å². The molecule has 1 aliphatic rings. The fourth-order valence-electron chi connectivity index (χ4n) is 3.18. The zero-order valence-electron chi connectivity index (χ0n) is 13.4. The molecule has 0 fully saturated rings. The van der Waals surface area contributed by atoms with Gasteiger partial charge in [0.15, 0.2) is 17.2 Å². The maximum atomic E-state index is 12.9. The topological polar surface area (TPSA) is 110 Å². The predicted molar refractivity (Wildman–Crippen MR) is 93.0 cm³/mol. The Bertz CT molecular complexity index is 1110. The zero-order chi connectivity index (χ0) is 17.7. The molecule has 0 saturated carbocycles. The van der Waals surface area contributed by atoms with Crippen molar-refractivity contribution in [2.24, 2.45) is 0 Å². The van der Waals surface area contributed by atoms with E-state index in [9.17, 15) is 4.79 Å². The lowest BCUT2D eigenvalue weighted by molar-refractivity contribution is 0.0705. The minimum atomic E-state index is -0.109. The second kappa shape index (κ2) is 5.73. The Kier molecular flexibility index (Phi) is 3.35. The summed E-state index contributed by atoms with van der Waals surface area (Å²) in [7, 11) is 0. The Balaban J connectivity index is 1.42. The molecule has 11 heteroatoms. The van der Waals surface area contributed by atoms with Gasteiger partial charge in [-0.2, -0.15) is 5.10 Å². The van der Waals surface area contributed by atoms with Crippen molar-refractivity contribution >= 4 is 27.5 Å². The third-order valence-corrected chi connectivity index (χ3v) is 4.80. The summed E-state index contributed by atoms with van der Waals surface area (Å²) in [6.45, 7) is 1.76. The number of fused-ring (bicyclic) bond motifs is 2. The van der Waals surface area contributed by atoms with E-state index in [1.165, 1.54) is 0 Å². The first kappa shape index (κ1) is 15.2. The van der Waals surface area contributed by atoms with E-state index in [0.29, 0.717) is 36.8 Å². The van der Waals surface area contributed by atoms with Crippen LogP contribution in [0.15, 0.2) is 35.1 Å². The fourth-order valence-corrected chi connectivity index (χ4v) is 3.47. The highest BCUT2D eigenvalue weighted by molar-refractivity contribution is 9.10. The van der Waals surface area contributed by atoms with E-state index < -0.39 is 0 Å². The molecule has 0 bridgehead atoms. The van der Waals surface area contributed by atoms with Crippen molar-refractivity contribution in [2.75, 3.05) is 6.54 Å². The molecule has 26 heavy (non-hydrogen) atoms. The van der Waals surface area contributed by atoms with Crippen LogP contribution in [0.3, 0.4) is 0 Å². The monoisotopic (exact) mass is 413 g/mol. The summed E-state index contributed by atoms with van der Waals surface area (Å²) in [6, 6.07) is 5.64. The molecule has 0 radical (unpaired) electrons. The third-order valence-electron chi connectivity index (χ3n) is 4.39. The van der Waals surface area contributed by atoms with Crippen molar-refractivity contribution in [3.63, 3.8) is 0 Å². The first-order chi connectivity index (χ1) is 12.7. The molecule has 0 spiro atoms. The lowest BCUT2D eigenvalue weighted by Crippen LogP contribution is -2.38. The van der Waals surface area contributed by atoms with Gasteiger partial charge in [-0.15, -0.1) is 5.10 Å². The van der Waals surface area contributed by atoms with E-state index in [1.807, 2.05) is 12.1 Å². The minimum absolute atomic E-state index is 0.109. The molecule has 0 unspecified atom stereocenters. The number of aromatic amines is 1. The van der Waals surface area contributed by atoms with Gasteiger partial charge in [0.1, 0.15) is 0 Å². The molecule has 5 rings (SSSR count). The van der Waals surface area contributed by atoms with Crippen LogP contribution in [0.5, 0.6) is 0 Å². The third kappa shape index (κ3) is 2.39. The zero-order valence-corrected chi connectivity index (χ0v) is 15.0. The molecule has 1 aliphatic heterocycles. The molecule has 0 aliphatic carbocycles. The Morgan fingerprint density at radius 2 is 2.19 bits per heavy atom. The Morgan fingerprint density at radius 1 is 1.27 bits per heavy atom. The number of H-pyrrole nitrogens is 1. The van der Waals surface area contributed by atoms with E-state index in [0.717, 1.165) is 15.9 Å². The molecule has 4 aromatic rings. The summed E-state index contributed by atoms with van der Waals surface area (Å²) < 4.78 is 4.52. The highest BCUT2D eigenvalue weighted by Crippen LogP contribution is 2.24. The van der Waals surface area contributed by atoms with E-state index in [-0.39, 0.29) is 5.91 Å². The first-order valence-corrected chi connectivity index (χ1v) is 8.71. The molecule has 5 heterocycles. The number of tetrazole rings is 1. The Labute approximate surface area is 155 Å². The summed E-state index contributed by atoms with van der Waals surface area (Å²) in [6.07, 6.45) is 3.46. The summed E-state index contributed by atoms with van der Waals surface area (Å²) in [5.41, 5.74) is 2.96. The molecule has 0 saturated heterocycles. The molecular weight excluding hydrogens is 402 g/mol. The van der Waals surface area contributed by atoms with Gasteiger partial charge in [0, 0.05) is 37.2 Å². The predicted octanol–water partition coefficient (Wildman–Crippen LogP) is 1.13. The number of nitrogens with one attached hydrogen (secondary N) is 1. The smallest absolute Gasteiger partial charge is 0.274 e. The van der Waals surface area contributed by atoms with Crippen LogP contribution >= 0.6 is 15.9 Å². The minimum Gasteiger partial charge on any atom is -0.338 e. The average Bonchev–Trinajstić information content (AvgIpc) is 3.38. The van der Waals surface area contributed by atoms with Crippen LogP contribution < -0.4 is 0 Å². The van der Waals surface area contributed by atoms with Gasteiger partial charge in [0.25, 0.3) is 5.91 Å². The van der Waals surface area contributed by atoms with Crippen LogP contribution in [-0.4, -0.2) is 57.1 Å². The maximum absolute atomic E-state index is 12.9. The number of carbonyl (C=O) groups is 1. The van der Waals surface area contributed by atoms with Crippen molar-refractivity contribution < 1.29 is 4.79 Å². The molecule has 10 nitrogen and oxygen atoms in total. The van der Waals surface area contributed by atoms with Gasteiger partial charge in [-0.3, -0.25) is 4.79 Å². The van der Waals surface area contributed by atoms with Crippen LogP contribution in [0.1, 0.15) is 16.2 Å². The van der Waals surface area contributed by atoms with Crippen molar-refractivity contribution in [1.82, 2.24) is 44.7 Å². The first-order valence-electron chi connectivity index (χ1n) is 7.92. The largest absolute Gasteiger partial charge is 0.338 e. The lowest BCUT2D eigenvalue weighted by Gasteiger charge is -2.28. The van der Waals surface area contributed by atoms with Crippen LogP contribution in [0.2, 0.25) is 0 Å². The van der Waals surface area contributed by atoms with Crippen LogP contribution in [-0.2, 0) is 13.1 Å². The average molecular weight is 414 g/mol. The number of hydrogen-bond donors (Lipinski definition) is 1. The normalized spacial score (nSPS) is 14.0.